The molecule has 0 aromatic heterocycles. The Morgan fingerprint density at radius 1 is 1.33 bits per heavy atom. The second-order valence-electron chi connectivity index (χ2n) is 6.18. The molecule has 0 bridgehead atoms. The predicted octanol–water partition coefficient (Wildman–Crippen LogP) is 2.02. The maximum Gasteiger partial charge on any atom is 0.250 e. The van der Waals surface area contributed by atoms with Gasteiger partial charge in [-0.1, -0.05) is 28.1 Å². The summed E-state index contributed by atoms with van der Waals surface area (Å²) >= 11 is 3.55. The average Bonchev–Trinajstić information content (AvgIpc) is 2.61. The van der Waals surface area contributed by atoms with E-state index < -0.39 is 0 Å². The highest BCUT2D eigenvalue weighted by molar-refractivity contribution is 9.10. The van der Waals surface area contributed by atoms with Gasteiger partial charge in [-0.3, -0.25) is 4.79 Å². The number of hydrogen-bond acceptors (Lipinski definition) is 4. The largest absolute Gasteiger partial charge is 0.381 e. The molecule has 3 rings (SSSR count). The lowest BCUT2D eigenvalue weighted by atomic mass is 9.74. The van der Waals surface area contributed by atoms with E-state index in [-0.39, 0.29) is 29.8 Å². The molecule has 2 heterocycles. The summed E-state index contributed by atoms with van der Waals surface area (Å²) in [5.41, 5.74) is 1.18. The number of hydrogen-bond donors (Lipinski definition) is 2. The Bertz CT molecular complexity index is 546. The summed E-state index contributed by atoms with van der Waals surface area (Å²) in [5, 5.41) is 6.30. The molecule has 2 N–H and O–H groups in total. The van der Waals surface area contributed by atoms with Gasteiger partial charge in [0.1, 0.15) is 6.10 Å². The Labute approximate surface area is 157 Å². The lowest BCUT2D eigenvalue weighted by Gasteiger charge is -2.38. The zero-order valence-electron chi connectivity index (χ0n) is 13.6. The summed E-state index contributed by atoms with van der Waals surface area (Å²) in [6, 6.07) is 8.36. The van der Waals surface area contributed by atoms with Gasteiger partial charge in [-0.25, -0.2) is 0 Å². The van der Waals surface area contributed by atoms with Gasteiger partial charge in [0.25, 0.3) is 0 Å². The molecule has 2 saturated heterocycles. The van der Waals surface area contributed by atoms with Gasteiger partial charge in [0.15, 0.2) is 0 Å². The van der Waals surface area contributed by atoms with Crippen molar-refractivity contribution in [2.45, 2.75) is 24.4 Å². The van der Waals surface area contributed by atoms with E-state index in [9.17, 15) is 4.79 Å². The number of ether oxygens (including phenoxy) is 2. The standard InChI is InChI=1S/C17H23BrN2O3.ClH/c18-14-3-1-2-13(10-14)17(4-7-22-8-5-17)12-20-16(21)15-11-19-6-9-23-15;/h1-3,10,15,19H,4-9,11-12H2,(H,20,21);1H. The minimum Gasteiger partial charge on any atom is -0.381 e. The van der Waals surface area contributed by atoms with Crippen molar-refractivity contribution in [3.05, 3.63) is 34.3 Å². The van der Waals surface area contributed by atoms with Crippen molar-refractivity contribution in [2.24, 2.45) is 0 Å². The molecule has 7 heteroatoms. The maximum absolute atomic E-state index is 12.4. The van der Waals surface area contributed by atoms with Gasteiger partial charge in [0, 0.05) is 42.7 Å². The molecule has 0 saturated carbocycles. The number of rotatable bonds is 4. The van der Waals surface area contributed by atoms with Crippen LogP contribution in [0, 0.1) is 0 Å². The number of carbonyl (C=O) groups is 1. The third-order valence-electron chi connectivity index (χ3n) is 4.71. The zero-order valence-corrected chi connectivity index (χ0v) is 16.0. The number of benzene rings is 1. The van der Waals surface area contributed by atoms with Gasteiger partial charge in [-0.15, -0.1) is 12.4 Å². The van der Waals surface area contributed by atoms with Gasteiger partial charge in [-0.05, 0) is 30.5 Å². The lowest BCUT2D eigenvalue weighted by Crippen LogP contribution is -2.51. The van der Waals surface area contributed by atoms with E-state index in [1.165, 1.54) is 5.56 Å². The number of morpholine rings is 1. The normalized spacial score (nSPS) is 23.1. The summed E-state index contributed by atoms with van der Waals surface area (Å²) in [4.78, 5) is 12.4. The molecule has 0 spiro atoms. The molecule has 2 fully saturated rings. The van der Waals surface area contributed by atoms with Crippen LogP contribution in [0.5, 0.6) is 0 Å². The van der Waals surface area contributed by atoms with Gasteiger partial charge in [0.2, 0.25) is 5.91 Å². The minimum absolute atomic E-state index is 0. The minimum atomic E-state index is -0.386. The first-order valence-electron chi connectivity index (χ1n) is 8.13. The second kappa shape index (κ2) is 9.15. The Morgan fingerprint density at radius 3 is 2.79 bits per heavy atom. The molecule has 5 nitrogen and oxygen atoms in total. The van der Waals surface area contributed by atoms with E-state index in [1.54, 1.807) is 0 Å². The molecule has 134 valence electrons. The Morgan fingerprint density at radius 2 is 2.12 bits per heavy atom. The number of carbonyl (C=O) groups excluding carboxylic acids is 1. The summed E-state index contributed by atoms with van der Waals surface area (Å²) < 4.78 is 12.1. The first kappa shape index (κ1) is 19.7. The fraction of sp³-hybridized carbons (Fsp3) is 0.588. The molecule has 24 heavy (non-hydrogen) atoms. The average molecular weight is 420 g/mol. The van der Waals surface area contributed by atoms with E-state index in [1.807, 2.05) is 12.1 Å². The predicted molar refractivity (Wildman–Crippen MR) is 98.7 cm³/mol. The fourth-order valence-corrected chi connectivity index (χ4v) is 3.65. The molecule has 2 aliphatic heterocycles. The third-order valence-corrected chi connectivity index (χ3v) is 5.20. The molecule has 1 aromatic carbocycles. The summed E-state index contributed by atoms with van der Waals surface area (Å²) in [7, 11) is 0. The van der Waals surface area contributed by atoms with Crippen molar-refractivity contribution < 1.29 is 14.3 Å². The van der Waals surface area contributed by atoms with Crippen LogP contribution in [-0.2, 0) is 19.7 Å². The van der Waals surface area contributed by atoms with E-state index >= 15 is 0 Å². The molecule has 2 aliphatic rings. The summed E-state index contributed by atoms with van der Waals surface area (Å²) in [5.74, 6) is -0.0296. The van der Waals surface area contributed by atoms with Crippen molar-refractivity contribution in [3.63, 3.8) is 0 Å². The van der Waals surface area contributed by atoms with Crippen LogP contribution in [0.2, 0.25) is 0 Å². The Hall–Kier alpha value is -0.660. The van der Waals surface area contributed by atoms with Crippen LogP contribution in [-0.4, -0.2) is 51.5 Å². The van der Waals surface area contributed by atoms with Crippen LogP contribution in [0.15, 0.2) is 28.7 Å². The van der Waals surface area contributed by atoms with Crippen LogP contribution in [0.1, 0.15) is 18.4 Å². The second-order valence-corrected chi connectivity index (χ2v) is 7.10. The monoisotopic (exact) mass is 418 g/mol. The van der Waals surface area contributed by atoms with Crippen LogP contribution in [0.4, 0.5) is 0 Å². The van der Waals surface area contributed by atoms with Crippen LogP contribution >= 0.6 is 28.3 Å². The molecule has 0 aliphatic carbocycles. The Balaban J connectivity index is 0.00000208. The molecular weight excluding hydrogens is 396 g/mol. The quantitative estimate of drug-likeness (QED) is 0.784. The first-order valence-corrected chi connectivity index (χ1v) is 8.93. The lowest BCUT2D eigenvalue weighted by molar-refractivity contribution is -0.134. The van der Waals surface area contributed by atoms with Crippen molar-refractivity contribution in [3.8, 4) is 0 Å². The zero-order chi connectivity index (χ0) is 16.1. The molecule has 1 unspecified atom stereocenters. The van der Waals surface area contributed by atoms with E-state index in [0.29, 0.717) is 19.7 Å². The molecule has 1 amide bonds. The van der Waals surface area contributed by atoms with Crippen molar-refractivity contribution >= 4 is 34.2 Å². The van der Waals surface area contributed by atoms with Gasteiger partial charge >= 0.3 is 0 Å². The number of halogens is 2. The van der Waals surface area contributed by atoms with Gasteiger partial charge in [0.05, 0.1) is 6.61 Å². The van der Waals surface area contributed by atoms with E-state index in [0.717, 1.165) is 37.1 Å². The van der Waals surface area contributed by atoms with E-state index in [2.05, 4.69) is 38.7 Å². The van der Waals surface area contributed by atoms with Gasteiger partial charge in [-0.2, -0.15) is 0 Å². The topological polar surface area (TPSA) is 59.6 Å². The van der Waals surface area contributed by atoms with Crippen LogP contribution in [0.25, 0.3) is 0 Å². The number of nitrogens with one attached hydrogen (secondary N) is 2. The molecular formula is C17H24BrClN2O3. The molecule has 1 aromatic rings. The van der Waals surface area contributed by atoms with Crippen LogP contribution < -0.4 is 10.6 Å². The smallest absolute Gasteiger partial charge is 0.250 e. The van der Waals surface area contributed by atoms with Crippen molar-refractivity contribution in [2.75, 3.05) is 39.5 Å². The first-order chi connectivity index (χ1) is 11.2. The van der Waals surface area contributed by atoms with Crippen molar-refractivity contribution in [1.82, 2.24) is 10.6 Å². The molecule has 0 radical (unpaired) electrons. The highest BCUT2D eigenvalue weighted by Gasteiger charge is 2.35. The maximum atomic E-state index is 12.4. The van der Waals surface area contributed by atoms with Gasteiger partial charge < -0.3 is 20.1 Å². The summed E-state index contributed by atoms with van der Waals surface area (Å²) in [6.45, 7) is 4.05. The number of amides is 1. The SMILES string of the molecule is Cl.O=C(NCC1(c2cccc(Br)c2)CCOCC1)C1CNCCO1. The third kappa shape index (κ3) is 4.70. The highest BCUT2D eigenvalue weighted by Crippen LogP contribution is 2.35. The Kier molecular flexibility index (Phi) is 7.50. The summed E-state index contributed by atoms with van der Waals surface area (Å²) in [6.07, 6.45) is 1.43. The van der Waals surface area contributed by atoms with Crippen LogP contribution in [0.3, 0.4) is 0 Å². The highest BCUT2D eigenvalue weighted by atomic mass is 79.9. The van der Waals surface area contributed by atoms with E-state index in [4.69, 9.17) is 9.47 Å². The van der Waals surface area contributed by atoms with Crippen molar-refractivity contribution in [1.29, 1.82) is 0 Å². The molecule has 1 atom stereocenters. The fourth-order valence-electron chi connectivity index (χ4n) is 3.25.